The molecule has 6 nitrogen and oxygen atoms in total. The summed E-state index contributed by atoms with van der Waals surface area (Å²) in [4.78, 5) is 44.7. The molecule has 7 heteroatoms. The van der Waals surface area contributed by atoms with E-state index in [9.17, 15) is 14.4 Å². The van der Waals surface area contributed by atoms with Crippen LogP contribution in [0.2, 0.25) is 0 Å². The molecule has 1 unspecified atom stereocenters. The molecule has 1 aromatic carbocycles. The van der Waals surface area contributed by atoms with Crippen LogP contribution in [0.4, 0.5) is 5.82 Å². The molecule has 1 N–H and O–H groups in total. The van der Waals surface area contributed by atoms with Crippen molar-refractivity contribution >= 4 is 34.9 Å². The first-order chi connectivity index (χ1) is 13.1. The molecule has 0 bridgehead atoms. The molecule has 0 aliphatic carbocycles. The van der Waals surface area contributed by atoms with Gasteiger partial charge in [0.25, 0.3) is 11.8 Å². The number of carbonyl (C=O) groups excluding carboxylic acids is 3. The molecule has 3 aromatic rings. The molecule has 134 valence electrons. The lowest BCUT2D eigenvalue weighted by Crippen LogP contribution is -2.48. The van der Waals surface area contributed by atoms with Crippen LogP contribution in [0, 0.1) is 0 Å². The molecule has 0 spiro atoms. The number of pyridine rings is 1. The summed E-state index contributed by atoms with van der Waals surface area (Å²) in [5.41, 5.74) is 0.647. The zero-order chi connectivity index (χ0) is 18.8. The van der Waals surface area contributed by atoms with Gasteiger partial charge in [0.1, 0.15) is 11.9 Å². The molecule has 1 atom stereocenters. The van der Waals surface area contributed by atoms with Gasteiger partial charge < -0.3 is 5.32 Å². The van der Waals surface area contributed by atoms with Crippen LogP contribution in [0.25, 0.3) is 0 Å². The lowest BCUT2D eigenvalue weighted by molar-refractivity contribution is -0.119. The Morgan fingerprint density at radius 1 is 1.00 bits per heavy atom. The Bertz CT molecular complexity index is 967. The minimum absolute atomic E-state index is 0.252. The normalized spacial score (nSPS) is 14.1. The molecule has 0 saturated heterocycles. The van der Waals surface area contributed by atoms with Gasteiger partial charge in [-0.05, 0) is 35.7 Å². The highest BCUT2D eigenvalue weighted by Gasteiger charge is 2.42. The van der Waals surface area contributed by atoms with Gasteiger partial charge in [0.2, 0.25) is 5.91 Å². The highest BCUT2D eigenvalue weighted by Crippen LogP contribution is 2.27. The highest BCUT2D eigenvalue weighted by molar-refractivity contribution is 7.09. The highest BCUT2D eigenvalue weighted by atomic mass is 32.1. The number of anilines is 1. The van der Waals surface area contributed by atoms with Crippen molar-refractivity contribution in [3.05, 3.63) is 82.2 Å². The van der Waals surface area contributed by atoms with Crippen LogP contribution in [0.5, 0.6) is 0 Å². The molecule has 2 aromatic heterocycles. The Labute approximate surface area is 159 Å². The van der Waals surface area contributed by atoms with Gasteiger partial charge in [-0.3, -0.25) is 19.3 Å². The summed E-state index contributed by atoms with van der Waals surface area (Å²) in [5.74, 6) is -0.978. The number of thiophene rings is 1. The molecular weight excluding hydrogens is 362 g/mol. The predicted molar refractivity (Wildman–Crippen MR) is 102 cm³/mol. The molecule has 27 heavy (non-hydrogen) atoms. The van der Waals surface area contributed by atoms with Crippen molar-refractivity contribution in [2.24, 2.45) is 0 Å². The van der Waals surface area contributed by atoms with Crippen molar-refractivity contribution in [1.82, 2.24) is 9.88 Å². The Hall–Kier alpha value is -3.32. The van der Waals surface area contributed by atoms with Gasteiger partial charge in [0, 0.05) is 17.5 Å². The summed E-state index contributed by atoms with van der Waals surface area (Å²) in [5, 5.41) is 4.60. The molecule has 1 aliphatic heterocycles. The third-order valence-corrected chi connectivity index (χ3v) is 5.23. The quantitative estimate of drug-likeness (QED) is 0.693. The minimum atomic E-state index is -0.960. The average Bonchev–Trinajstić information content (AvgIpc) is 3.28. The van der Waals surface area contributed by atoms with Crippen molar-refractivity contribution in [2.75, 3.05) is 5.32 Å². The van der Waals surface area contributed by atoms with Crippen LogP contribution in [-0.2, 0) is 11.2 Å². The average molecular weight is 377 g/mol. The summed E-state index contributed by atoms with van der Waals surface area (Å²) in [7, 11) is 0. The van der Waals surface area contributed by atoms with E-state index in [1.165, 1.54) is 11.3 Å². The second kappa shape index (κ2) is 7.13. The monoisotopic (exact) mass is 377 g/mol. The van der Waals surface area contributed by atoms with Crippen LogP contribution in [-0.4, -0.2) is 33.6 Å². The van der Waals surface area contributed by atoms with E-state index in [0.29, 0.717) is 16.9 Å². The Kier molecular flexibility index (Phi) is 4.52. The summed E-state index contributed by atoms with van der Waals surface area (Å²) in [6, 6.07) is 14.6. The predicted octanol–water partition coefficient (Wildman–Crippen LogP) is 2.99. The maximum atomic E-state index is 13.0. The third-order valence-electron chi connectivity index (χ3n) is 4.33. The van der Waals surface area contributed by atoms with Crippen molar-refractivity contribution in [1.29, 1.82) is 0 Å². The lowest BCUT2D eigenvalue weighted by Gasteiger charge is -2.24. The summed E-state index contributed by atoms with van der Waals surface area (Å²) in [6.45, 7) is 0. The minimum Gasteiger partial charge on any atom is -0.309 e. The number of amides is 3. The Balaban J connectivity index is 1.67. The standard InChI is InChI=1S/C20H15N3O3S/c24-18(22-17-9-3-4-10-21-17)16(12-13-6-5-11-27-13)23-19(25)14-7-1-2-8-15(14)20(23)26/h1-11,16H,12H2,(H,21,22,24). The van der Waals surface area contributed by atoms with Crippen molar-refractivity contribution in [3.8, 4) is 0 Å². The first-order valence-corrected chi connectivity index (χ1v) is 9.24. The number of aromatic nitrogens is 1. The van der Waals surface area contributed by atoms with Crippen LogP contribution < -0.4 is 5.32 Å². The van der Waals surface area contributed by atoms with Crippen LogP contribution in [0.1, 0.15) is 25.6 Å². The summed E-state index contributed by atoms with van der Waals surface area (Å²) >= 11 is 1.48. The van der Waals surface area contributed by atoms with E-state index in [2.05, 4.69) is 10.3 Å². The molecule has 0 saturated carbocycles. The van der Waals surface area contributed by atoms with E-state index in [0.717, 1.165) is 9.78 Å². The number of carbonyl (C=O) groups is 3. The number of nitrogens with zero attached hydrogens (tertiary/aromatic N) is 2. The number of imide groups is 1. The summed E-state index contributed by atoms with van der Waals surface area (Å²) in [6.07, 6.45) is 1.81. The number of rotatable bonds is 5. The largest absolute Gasteiger partial charge is 0.309 e. The number of hydrogen-bond donors (Lipinski definition) is 1. The fraction of sp³-hybridized carbons (Fsp3) is 0.100. The molecule has 1 aliphatic rings. The molecule has 4 rings (SSSR count). The first kappa shape index (κ1) is 17.1. The fourth-order valence-corrected chi connectivity index (χ4v) is 3.80. The fourth-order valence-electron chi connectivity index (χ4n) is 3.06. The smallest absolute Gasteiger partial charge is 0.262 e. The van der Waals surface area contributed by atoms with Gasteiger partial charge in [0.15, 0.2) is 0 Å². The van der Waals surface area contributed by atoms with E-state index >= 15 is 0 Å². The zero-order valence-electron chi connectivity index (χ0n) is 14.2. The second-order valence-corrected chi connectivity index (χ2v) is 7.06. The van der Waals surface area contributed by atoms with E-state index in [1.807, 2.05) is 17.5 Å². The second-order valence-electron chi connectivity index (χ2n) is 6.03. The molecule has 3 amide bonds. The van der Waals surface area contributed by atoms with Gasteiger partial charge >= 0.3 is 0 Å². The number of benzene rings is 1. The number of fused-ring (bicyclic) bond motifs is 1. The number of nitrogens with one attached hydrogen (secondary N) is 1. The molecular formula is C20H15N3O3S. The first-order valence-electron chi connectivity index (χ1n) is 8.36. The maximum Gasteiger partial charge on any atom is 0.262 e. The van der Waals surface area contributed by atoms with Gasteiger partial charge in [-0.15, -0.1) is 11.3 Å². The van der Waals surface area contributed by atoms with Crippen molar-refractivity contribution in [3.63, 3.8) is 0 Å². The van der Waals surface area contributed by atoms with Crippen molar-refractivity contribution < 1.29 is 14.4 Å². The molecule has 0 fully saturated rings. The van der Waals surface area contributed by atoms with E-state index < -0.39 is 23.8 Å². The molecule has 3 heterocycles. The maximum absolute atomic E-state index is 13.0. The number of hydrogen-bond acceptors (Lipinski definition) is 5. The van der Waals surface area contributed by atoms with Crippen LogP contribution in [0.3, 0.4) is 0 Å². The van der Waals surface area contributed by atoms with Crippen molar-refractivity contribution in [2.45, 2.75) is 12.5 Å². The van der Waals surface area contributed by atoms with Crippen LogP contribution in [0.15, 0.2) is 66.2 Å². The van der Waals surface area contributed by atoms with E-state index in [1.54, 1.807) is 48.7 Å². The Morgan fingerprint density at radius 3 is 2.30 bits per heavy atom. The van der Waals surface area contributed by atoms with Crippen LogP contribution >= 0.6 is 11.3 Å². The molecule has 0 radical (unpaired) electrons. The lowest BCUT2D eigenvalue weighted by atomic mass is 10.1. The summed E-state index contributed by atoms with van der Waals surface area (Å²) < 4.78 is 0. The third kappa shape index (κ3) is 3.24. The Morgan fingerprint density at radius 2 is 1.70 bits per heavy atom. The van der Waals surface area contributed by atoms with Gasteiger partial charge in [-0.25, -0.2) is 4.98 Å². The van der Waals surface area contributed by atoms with Gasteiger partial charge in [-0.2, -0.15) is 0 Å². The van der Waals surface area contributed by atoms with E-state index in [-0.39, 0.29) is 6.42 Å². The van der Waals surface area contributed by atoms with Gasteiger partial charge in [-0.1, -0.05) is 24.3 Å². The topological polar surface area (TPSA) is 79.4 Å². The zero-order valence-corrected chi connectivity index (χ0v) is 15.0. The SMILES string of the molecule is O=C(Nc1ccccn1)C(Cc1cccs1)N1C(=O)c2ccccc2C1=O. The van der Waals surface area contributed by atoms with Gasteiger partial charge in [0.05, 0.1) is 11.1 Å². The van der Waals surface area contributed by atoms with E-state index in [4.69, 9.17) is 0 Å².